The van der Waals surface area contributed by atoms with Gasteiger partial charge in [0.05, 0.1) is 0 Å². The minimum atomic E-state index is -1.27. The Bertz CT molecular complexity index is 1110. The molecule has 0 heterocycles. The van der Waals surface area contributed by atoms with Crippen molar-refractivity contribution in [3.8, 4) is 17.6 Å². The Labute approximate surface area is 169 Å². The predicted molar refractivity (Wildman–Crippen MR) is 112 cm³/mol. The number of hydrogen-bond donors (Lipinski definition) is 1. The van der Waals surface area contributed by atoms with Gasteiger partial charge in [0.15, 0.2) is 0 Å². The quantitative estimate of drug-likeness (QED) is 0.354. The zero-order chi connectivity index (χ0) is 20.8. The number of benzene rings is 3. The second kappa shape index (κ2) is 8.94. The molecule has 0 atom stereocenters. The Kier molecular flexibility index (Phi) is 6.16. The molecule has 146 valence electrons. The van der Waals surface area contributed by atoms with Gasteiger partial charge in [0, 0.05) is 5.56 Å². The van der Waals surface area contributed by atoms with Gasteiger partial charge in [-0.2, -0.15) is 5.26 Å². The largest absolute Gasteiger partial charge is 0.490 e. The third kappa shape index (κ3) is 4.94. The number of aliphatic carboxylic acids is 1. The van der Waals surface area contributed by atoms with E-state index in [9.17, 15) is 9.90 Å². The van der Waals surface area contributed by atoms with Crippen LogP contribution in [0.2, 0.25) is 0 Å². The molecule has 3 rings (SSSR count). The number of carboxylic acids is 1. The van der Waals surface area contributed by atoms with E-state index in [2.05, 4.69) is 6.07 Å². The lowest BCUT2D eigenvalue weighted by Crippen LogP contribution is -2.10. The number of fused-ring (bicyclic) bond motifs is 1. The summed E-state index contributed by atoms with van der Waals surface area (Å²) in [5.74, 6) is 0.00799. The third-order valence-corrected chi connectivity index (χ3v) is 4.38. The molecule has 0 fully saturated rings. The Morgan fingerprint density at radius 2 is 1.72 bits per heavy atom. The topological polar surface area (TPSA) is 79.5 Å². The van der Waals surface area contributed by atoms with Gasteiger partial charge in [0.1, 0.15) is 36.4 Å². The highest BCUT2D eigenvalue weighted by molar-refractivity contribution is 6.01. The molecule has 0 aliphatic rings. The molecule has 0 spiro atoms. The van der Waals surface area contributed by atoms with Crippen molar-refractivity contribution in [1.29, 1.82) is 5.26 Å². The third-order valence-electron chi connectivity index (χ3n) is 4.38. The fourth-order valence-corrected chi connectivity index (χ4v) is 3.16. The van der Waals surface area contributed by atoms with Gasteiger partial charge >= 0.3 is 5.97 Å². The average molecular weight is 387 g/mol. The highest BCUT2D eigenvalue weighted by Crippen LogP contribution is 2.30. The lowest BCUT2D eigenvalue weighted by Gasteiger charge is -2.13. The van der Waals surface area contributed by atoms with Crippen molar-refractivity contribution in [1.82, 2.24) is 0 Å². The highest BCUT2D eigenvalue weighted by Gasteiger charge is 2.12. The molecular formula is C24H21NO4. The first-order chi connectivity index (χ1) is 14.0. The summed E-state index contributed by atoms with van der Waals surface area (Å²) in [6.45, 7) is 4.64. The maximum Gasteiger partial charge on any atom is 0.346 e. The van der Waals surface area contributed by atoms with Crippen LogP contribution in [-0.4, -0.2) is 24.3 Å². The second-order valence-electron chi connectivity index (χ2n) is 6.69. The number of nitriles is 1. The Morgan fingerprint density at radius 3 is 2.41 bits per heavy atom. The van der Waals surface area contributed by atoms with Gasteiger partial charge < -0.3 is 14.6 Å². The smallest absolute Gasteiger partial charge is 0.346 e. The fraction of sp³-hybridized carbons (Fsp3) is 0.167. The van der Waals surface area contributed by atoms with Crippen molar-refractivity contribution in [3.63, 3.8) is 0 Å². The van der Waals surface area contributed by atoms with E-state index in [4.69, 9.17) is 14.7 Å². The molecule has 0 aliphatic carbocycles. The van der Waals surface area contributed by atoms with Crippen LogP contribution in [-0.2, 0) is 4.79 Å². The molecule has 0 bridgehead atoms. The van der Waals surface area contributed by atoms with Crippen molar-refractivity contribution in [2.75, 3.05) is 13.2 Å². The molecular weight excluding hydrogens is 366 g/mol. The molecule has 0 unspecified atom stereocenters. The number of nitrogens with zero attached hydrogens (tertiary/aromatic N) is 1. The molecule has 0 radical (unpaired) electrons. The zero-order valence-electron chi connectivity index (χ0n) is 16.3. The summed E-state index contributed by atoms with van der Waals surface area (Å²) < 4.78 is 11.7. The molecule has 3 aromatic rings. The number of hydrogen-bond acceptors (Lipinski definition) is 4. The first-order valence-electron chi connectivity index (χ1n) is 9.18. The van der Waals surface area contributed by atoms with Gasteiger partial charge in [0.2, 0.25) is 0 Å². The molecule has 0 aliphatic heterocycles. The van der Waals surface area contributed by atoms with Crippen LogP contribution < -0.4 is 9.47 Å². The van der Waals surface area contributed by atoms with Crippen LogP contribution in [0.3, 0.4) is 0 Å². The maximum absolute atomic E-state index is 11.3. The van der Waals surface area contributed by atoms with E-state index >= 15 is 0 Å². The number of ether oxygens (including phenoxy) is 2. The molecule has 3 aromatic carbocycles. The normalized spacial score (nSPS) is 11.1. The van der Waals surface area contributed by atoms with E-state index < -0.39 is 5.97 Å². The van der Waals surface area contributed by atoms with Crippen LogP contribution in [0, 0.1) is 25.2 Å². The Hall–Kier alpha value is -3.78. The van der Waals surface area contributed by atoms with Gasteiger partial charge in [0.25, 0.3) is 0 Å². The van der Waals surface area contributed by atoms with Crippen LogP contribution in [0.4, 0.5) is 0 Å². The van der Waals surface area contributed by atoms with Gasteiger partial charge in [-0.15, -0.1) is 0 Å². The standard InChI is InChI=1S/C24H21NO4/c1-16-11-17(2)13-20(12-16)28-9-10-29-23-8-7-18-5-3-4-6-21(18)22(23)14-19(15-25)24(26)27/h3-8,11-14H,9-10H2,1-2H3,(H,26,27). The van der Waals surface area contributed by atoms with E-state index in [0.29, 0.717) is 17.9 Å². The molecule has 5 heteroatoms. The van der Waals surface area contributed by atoms with Crippen LogP contribution in [0.25, 0.3) is 16.8 Å². The molecule has 1 N–H and O–H groups in total. The minimum absolute atomic E-state index is 0.279. The summed E-state index contributed by atoms with van der Waals surface area (Å²) in [5.41, 5.74) is 2.47. The fourth-order valence-electron chi connectivity index (χ4n) is 3.16. The van der Waals surface area contributed by atoms with Gasteiger partial charge in [-0.25, -0.2) is 4.79 Å². The highest BCUT2D eigenvalue weighted by atomic mass is 16.5. The lowest BCUT2D eigenvalue weighted by atomic mass is 10.0. The second-order valence-corrected chi connectivity index (χ2v) is 6.69. The summed E-state index contributed by atoms with van der Waals surface area (Å²) in [6, 6.07) is 19.0. The van der Waals surface area contributed by atoms with Crippen molar-refractivity contribution in [2.45, 2.75) is 13.8 Å². The summed E-state index contributed by atoms with van der Waals surface area (Å²) >= 11 is 0. The van der Waals surface area contributed by atoms with Crippen LogP contribution in [0.1, 0.15) is 16.7 Å². The summed E-state index contributed by atoms with van der Waals surface area (Å²) in [4.78, 5) is 11.3. The summed E-state index contributed by atoms with van der Waals surface area (Å²) in [5, 5.41) is 20.1. The van der Waals surface area contributed by atoms with E-state index in [1.165, 1.54) is 6.08 Å². The molecule has 29 heavy (non-hydrogen) atoms. The van der Waals surface area contributed by atoms with Crippen molar-refractivity contribution >= 4 is 22.8 Å². The van der Waals surface area contributed by atoms with Gasteiger partial charge in [-0.1, -0.05) is 36.4 Å². The van der Waals surface area contributed by atoms with E-state index in [0.717, 1.165) is 27.6 Å². The minimum Gasteiger partial charge on any atom is -0.490 e. The van der Waals surface area contributed by atoms with E-state index in [1.807, 2.05) is 56.3 Å². The van der Waals surface area contributed by atoms with Crippen molar-refractivity contribution < 1.29 is 19.4 Å². The zero-order valence-corrected chi connectivity index (χ0v) is 16.3. The first kappa shape index (κ1) is 20.0. The van der Waals surface area contributed by atoms with Gasteiger partial charge in [-0.05, 0) is 60.0 Å². The Morgan fingerprint density at radius 1 is 1.03 bits per heavy atom. The lowest BCUT2D eigenvalue weighted by molar-refractivity contribution is -0.132. The van der Waals surface area contributed by atoms with E-state index in [-0.39, 0.29) is 12.2 Å². The first-order valence-corrected chi connectivity index (χ1v) is 9.18. The van der Waals surface area contributed by atoms with Crippen LogP contribution >= 0.6 is 0 Å². The summed E-state index contributed by atoms with van der Waals surface area (Å²) in [7, 11) is 0. The van der Waals surface area contributed by atoms with Crippen LogP contribution in [0.5, 0.6) is 11.5 Å². The van der Waals surface area contributed by atoms with Crippen molar-refractivity contribution in [2.24, 2.45) is 0 Å². The molecule has 5 nitrogen and oxygen atoms in total. The number of carbonyl (C=O) groups is 1. The predicted octanol–water partition coefficient (Wildman–Crippen LogP) is 4.91. The average Bonchev–Trinajstić information content (AvgIpc) is 2.69. The number of rotatable bonds is 7. The van der Waals surface area contributed by atoms with Crippen molar-refractivity contribution in [3.05, 3.63) is 76.9 Å². The monoisotopic (exact) mass is 387 g/mol. The molecule has 0 amide bonds. The number of aryl methyl sites for hydroxylation is 2. The van der Waals surface area contributed by atoms with Gasteiger partial charge in [-0.3, -0.25) is 0 Å². The SMILES string of the molecule is Cc1cc(C)cc(OCCOc2ccc3ccccc3c2C=C(C#N)C(=O)O)c1. The van der Waals surface area contributed by atoms with E-state index in [1.54, 1.807) is 12.1 Å². The van der Waals surface area contributed by atoms with Crippen LogP contribution in [0.15, 0.2) is 60.2 Å². The molecule has 0 saturated heterocycles. The Balaban J connectivity index is 1.82. The maximum atomic E-state index is 11.3. The number of carboxylic acid groups (broad SMARTS) is 1. The molecule has 0 aromatic heterocycles. The summed E-state index contributed by atoms with van der Waals surface area (Å²) in [6.07, 6.45) is 1.35. The molecule has 0 saturated carbocycles.